The molecule has 2 atom stereocenters. The number of amides is 2. The van der Waals surface area contributed by atoms with Gasteiger partial charge in [0.25, 0.3) is 11.8 Å². The zero-order valence-corrected chi connectivity index (χ0v) is 16.5. The highest BCUT2D eigenvalue weighted by atomic mass is 35.5. The third-order valence-electron chi connectivity index (χ3n) is 3.84. The average molecular weight is 413 g/mol. The number of carbonyl (C=O) groups is 2. The summed E-state index contributed by atoms with van der Waals surface area (Å²) in [6.45, 7) is 1.99. The number of carbonyl (C=O) groups excluding carboxylic acids is 2. The van der Waals surface area contributed by atoms with Gasteiger partial charge in [-0.15, -0.1) is 0 Å². The second kappa shape index (κ2) is 9.69. The van der Waals surface area contributed by atoms with E-state index in [0.717, 1.165) is 5.56 Å². The van der Waals surface area contributed by atoms with E-state index in [1.807, 2.05) is 6.92 Å². The summed E-state index contributed by atoms with van der Waals surface area (Å²) in [5.74, 6) is -0.952. The van der Waals surface area contributed by atoms with Crippen molar-refractivity contribution in [3.05, 3.63) is 63.9 Å². The number of quaternary nitrogens is 1. The molecule has 0 aliphatic carbocycles. The number of rotatable bonds is 7. The van der Waals surface area contributed by atoms with Crippen LogP contribution in [0, 0.1) is 5.82 Å². The Morgan fingerprint density at radius 3 is 2.48 bits per heavy atom. The molecule has 0 saturated carbocycles. The van der Waals surface area contributed by atoms with E-state index in [4.69, 9.17) is 23.2 Å². The van der Waals surface area contributed by atoms with E-state index in [0.29, 0.717) is 20.6 Å². The smallest absolute Gasteiger partial charge is 0.279 e. The zero-order chi connectivity index (χ0) is 20.0. The number of nitrogens with one attached hydrogen (secondary N) is 3. The van der Waals surface area contributed by atoms with Crippen molar-refractivity contribution in [1.82, 2.24) is 5.32 Å². The van der Waals surface area contributed by atoms with Gasteiger partial charge in [-0.25, -0.2) is 4.39 Å². The predicted molar refractivity (Wildman–Crippen MR) is 105 cm³/mol. The highest BCUT2D eigenvalue weighted by Crippen LogP contribution is 2.25. The van der Waals surface area contributed by atoms with Crippen LogP contribution in [0.5, 0.6) is 0 Å². The fraction of sp³-hybridized carbons (Fsp3) is 0.263. The van der Waals surface area contributed by atoms with E-state index in [9.17, 15) is 14.0 Å². The van der Waals surface area contributed by atoms with Crippen LogP contribution in [-0.4, -0.2) is 32.0 Å². The molecule has 27 heavy (non-hydrogen) atoms. The first-order valence-electron chi connectivity index (χ1n) is 8.35. The van der Waals surface area contributed by atoms with Gasteiger partial charge >= 0.3 is 0 Å². The van der Waals surface area contributed by atoms with Gasteiger partial charge in [0.15, 0.2) is 13.1 Å². The summed E-state index contributed by atoms with van der Waals surface area (Å²) < 4.78 is 13.1. The van der Waals surface area contributed by atoms with Gasteiger partial charge in [-0.3, -0.25) is 9.59 Å². The molecule has 0 bridgehead atoms. The number of anilines is 1. The van der Waals surface area contributed by atoms with E-state index < -0.39 is 5.82 Å². The summed E-state index contributed by atoms with van der Waals surface area (Å²) >= 11 is 12.0. The van der Waals surface area contributed by atoms with Crippen molar-refractivity contribution in [3.63, 3.8) is 0 Å². The maximum absolute atomic E-state index is 13.1. The van der Waals surface area contributed by atoms with E-state index in [2.05, 4.69) is 10.6 Å². The molecule has 8 heteroatoms. The molecule has 0 spiro atoms. The SMILES string of the molecule is C[C@H](NC(=O)C[NH+](C)CC(=O)Nc1cccc(F)c1)c1ccc(Cl)cc1Cl. The summed E-state index contributed by atoms with van der Waals surface area (Å²) in [6, 6.07) is 10.4. The summed E-state index contributed by atoms with van der Waals surface area (Å²) in [7, 11) is 1.73. The maximum Gasteiger partial charge on any atom is 0.279 e. The molecule has 0 aromatic heterocycles. The van der Waals surface area contributed by atoms with Gasteiger partial charge in [-0.2, -0.15) is 0 Å². The highest BCUT2D eigenvalue weighted by molar-refractivity contribution is 6.35. The van der Waals surface area contributed by atoms with Crippen molar-refractivity contribution in [3.8, 4) is 0 Å². The van der Waals surface area contributed by atoms with Gasteiger partial charge in [0.1, 0.15) is 5.82 Å². The van der Waals surface area contributed by atoms with Crippen molar-refractivity contribution in [2.45, 2.75) is 13.0 Å². The topological polar surface area (TPSA) is 62.6 Å². The zero-order valence-electron chi connectivity index (χ0n) is 15.0. The third-order valence-corrected chi connectivity index (χ3v) is 4.40. The molecule has 2 amide bonds. The summed E-state index contributed by atoms with van der Waals surface area (Å²) in [5.41, 5.74) is 1.14. The van der Waals surface area contributed by atoms with Crippen molar-refractivity contribution in [2.24, 2.45) is 0 Å². The van der Waals surface area contributed by atoms with E-state index >= 15 is 0 Å². The Bertz CT molecular complexity index is 832. The van der Waals surface area contributed by atoms with Gasteiger partial charge in [0.2, 0.25) is 0 Å². The lowest BCUT2D eigenvalue weighted by Gasteiger charge is -2.18. The van der Waals surface area contributed by atoms with Crippen LogP contribution in [0.25, 0.3) is 0 Å². The monoisotopic (exact) mass is 412 g/mol. The Morgan fingerprint density at radius 1 is 1.11 bits per heavy atom. The lowest BCUT2D eigenvalue weighted by molar-refractivity contribution is -0.862. The second-order valence-electron chi connectivity index (χ2n) is 6.32. The molecule has 5 nitrogen and oxygen atoms in total. The first-order valence-corrected chi connectivity index (χ1v) is 9.11. The van der Waals surface area contributed by atoms with Crippen molar-refractivity contribution >= 4 is 40.7 Å². The Kier molecular flexibility index (Phi) is 7.59. The maximum atomic E-state index is 13.1. The molecule has 0 aliphatic rings. The minimum absolute atomic E-state index is 0.0695. The lowest BCUT2D eigenvalue weighted by atomic mass is 10.1. The molecule has 144 valence electrons. The molecular weight excluding hydrogens is 392 g/mol. The fourth-order valence-corrected chi connectivity index (χ4v) is 3.18. The van der Waals surface area contributed by atoms with Crippen LogP contribution in [0.1, 0.15) is 18.5 Å². The van der Waals surface area contributed by atoms with Crippen molar-refractivity contribution < 1.29 is 18.9 Å². The molecule has 1 unspecified atom stereocenters. The lowest BCUT2D eigenvalue weighted by Crippen LogP contribution is -3.11. The first-order chi connectivity index (χ1) is 12.7. The molecule has 0 aliphatic heterocycles. The predicted octanol–water partition coefficient (Wildman–Crippen LogP) is 2.46. The van der Waals surface area contributed by atoms with Crippen molar-refractivity contribution in [2.75, 3.05) is 25.5 Å². The van der Waals surface area contributed by atoms with Gasteiger partial charge in [0, 0.05) is 15.7 Å². The molecule has 0 radical (unpaired) electrons. The van der Waals surface area contributed by atoms with Crippen LogP contribution in [0.4, 0.5) is 10.1 Å². The van der Waals surface area contributed by atoms with E-state index in [1.165, 1.54) is 18.2 Å². The number of hydrogen-bond acceptors (Lipinski definition) is 2. The summed E-state index contributed by atoms with van der Waals surface area (Å²) in [5, 5.41) is 6.46. The van der Waals surface area contributed by atoms with Crippen LogP contribution in [0.15, 0.2) is 42.5 Å². The molecule has 2 rings (SSSR count). The van der Waals surface area contributed by atoms with E-state index in [1.54, 1.807) is 31.3 Å². The minimum Gasteiger partial charge on any atom is -0.345 e. The molecular formula is C19H21Cl2FN3O2+. The number of hydrogen-bond donors (Lipinski definition) is 3. The van der Waals surface area contributed by atoms with Crippen LogP contribution in [0.2, 0.25) is 10.0 Å². The molecule has 2 aromatic rings. The third kappa shape index (κ3) is 6.82. The summed E-state index contributed by atoms with van der Waals surface area (Å²) in [6.07, 6.45) is 0. The summed E-state index contributed by atoms with van der Waals surface area (Å²) in [4.78, 5) is 24.9. The van der Waals surface area contributed by atoms with Gasteiger partial charge in [0.05, 0.1) is 13.1 Å². The van der Waals surface area contributed by atoms with Crippen molar-refractivity contribution in [1.29, 1.82) is 0 Å². The highest BCUT2D eigenvalue weighted by Gasteiger charge is 2.18. The number of benzene rings is 2. The molecule has 0 fully saturated rings. The van der Waals surface area contributed by atoms with Crippen LogP contribution in [-0.2, 0) is 9.59 Å². The van der Waals surface area contributed by atoms with Crippen LogP contribution >= 0.6 is 23.2 Å². The molecule has 3 N–H and O–H groups in total. The average Bonchev–Trinajstić information content (AvgIpc) is 2.53. The van der Waals surface area contributed by atoms with Gasteiger partial charge in [-0.1, -0.05) is 35.3 Å². The number of halogens is 3. The quantitative estimate of drug-likeness (QED) is 0.653. The van der Waals surface area contributed by atoms with E-state index in [-0.39, 0.29) is 30.9 Å². The number of likely N-dealkylation sites (N-methyl/N-ethyl adjacent to an activating group) is 1. The molecule has 0 heterocycles. The largest absolute Gasteiger partial charge is 0.345 e. The standard InChI is InChI=1S/C19H20Cl2FN3O2/c1-12(16-7-6-13(20)8-17(16)21)23-18(26)10-25(2)11-19(27)24-15-5-3-4-14(22)9-15/h3-9,12H,10-11H2,1-2H3,(H,23,26)(H,24,27)/p+1/t12-/m0/s1. The Balaban J connectivity index is 1.83. The minimum atomic E-state index is -0.428. The van der Waals surface area contributed by atoms with Gasteiger partial charge in [-0.05, 0) is 42.8 Å². The normalized spacial score (nSPS) is 12.9. The molecule has 2 aromatic carbocycles. The van der Waals surface area contributed by atoms with Crippen LogP contribution < -0.4 is 15.5 Å². The Morgan fingerprint density at radius 2 is 1.81 bits per heavy atom. The fourth-order valence-electron chi connectivity index (χ4n) is 2.61. The van der Waals surface area contributed by atoms with Crippen LogP contribution in [0.3, 0.4) is 0 Å². The Labute approximate surface area is 167 Å². The Hall–Kier alpha value is -2.15. The van der Waals surface area contributed by atoms with Gasteiger partial charge < -0.3 is 15.5 Å². The second-order valence-corrected chi connectivity index (χ2v) is 7.17. The molecule has 0 saturated heterocycles. The first kappa shape index (κ1) is 21.2.